The van der Waals surface area contributed by atoms with Gasteiger partial charge in [-0.15, -0.1) is 0 Å². The normalized spacial score (nSPS) is 17.3. The maximum Gasteiger partial charge on any atom is 0.303 e. The number of H-pyrrole nitrogens is 4. The Kier molecular flexibility index (Phi) is 35.0. The van der Waals surface area contributed by atoms with E-state index < -0.39 is 200 Å². The molecule has 122 heavy (non-hydrogen) atoms. The summed E-state index contributed by atoms with van der Waals surface area (Å²) in [6, 6.07) is 9.97. The van der Waals surface area contributed by atoms with Crippen LogP contribution >= 0.6 is 0 Å². The predicted octanol–water partition coefficient (Wildman–Crippen LogP) is 9.79. The van der Waals surface area contributed by atoms with Crippen LogP contribution in [0.3, 0.4) is 0 Å². The molecule has 0 aliphatic carbocycles. The van der Waals surface area contributed by atoms with E-state index in [9.17, 15) is 102 Å². The highest BCUT2D eigenvalue weighted by atomic mass is 16.4. The quantitative estimate of drug-likeness (QED) is 0.00957. The molecule has 0 fully saturated rings. The summed E-state index contributed by atoms with van der Waals surface area (Å²) in [7, 11) is 0. The number of carboxylic acid groups (broad SMARTS) is 1. The number of nitrogens with two attached hydrogens (primary N) is 1. The minimum Gasteiger partial charge on any atom is -0.497 e. The van der Waals surface area contributed by atoms with Crippen LogP contribution in [0.25, 0.3) is 43.6 Å². The lowest BCUT2D eigenvalue weighted by Crippen LogP contribution is -2.36. The molecule has 8 rings (SSSR count). The third kappa shape index (κ3) is 27.5. The van der Waals surface area contributed by atoms with E-state index in [2.05, 4.69) is 84.8 Å². The molecular formula is C82H106N20O20. The number of aliphatic imine (C=N–C) groups is 13. The zero-order valence-corrected chi connectivity index (χ0v) is 67.4. The Morgan fingerprint density at radius 3 is 1.10 bits per heavy atom. The van der Waals surface area contributed by atoms with Crippen molar-refractivity contribution in [3.05, 3.63) is 144 Å². The van der Waals surface area contributed by atoms with Gasteiger partial charge in [0.2, 0.25) is 70.8 Å². The van der Waals surface area contributed by atoms with Crippen molar-refractivity contribution in [2.45, 2.75) is 190 Å². The number of aliphatic hydroxyl groups excluding tert-OH is 18. The number of aliphatic hydroxyl groups is 18. The van der Waals surface area contributed by atoms with Crippen LogP contribution in [0.1, 0.15) is 108 Å². The van der Waals surface area contributed by atoms with Gasteiger partial charge in [-0.1, -0.05) is 72.8 Å². The molecule has 27 N–H and O–H groups in total. The number of unbranched alkanes of at least 4 members (excludes halogenated alkanes) is 2. The Labute approximate surface area is 698 Å². The van der Waals surface area contributed by atoms with Crippen molar-refractivity contribution in [3.63, 3.8) is 0 Å². The summed E-state index contributed by atoms with van der Waals surface area (Å²) in [5, 5.41) is 232. The van der Waals surface area contributed by atoms with Gasteiger partial charge in [0, 0.05) is 121 Å². The van der Waals surface area contributed by atoms with Gasteiger partial charge >= 0.3 is 5.97 Å². The predicted molar refractivity (Wildman–Crippen MR) is 471 cm³/mol. The van der Waals surface area contributed by atoms with Gasteiger partial charge in [0.05, 0.1) is 25.2 Å². The van der Waals surface area contributed by atoms with Crippen LogP contribution in [-0.4, -0.2) is 316 Å². The van der Waals surface area contributed by atoms with E-state index in [0.29, 0.717) is 85.3 Å². The third-order valence-electron chi connectivity index (χ3n) is 19.4. The van der Waals surface area contributed by atoms with Crippen LogP contribution in [-0.2, 0) is 30.5 Å². The molecule has 0 radical (unpaired) electrons. The Morgan fingerprint density at radius 1 is 0.385 bits per heavy atom. The van der Waals surface area contributed by atoms with Crippen LogP contribution in [0.4, 0.5) is 0 Å². The number of rotatable bonds is 49. The number of nitrogens with zero attached hydrogens (tertiary/aromatic N) is 13. The third-order valence-corrected chi connectivity index (χ3v) is 19.4. The van der Waals surface area contributed by atoms with Gasteiger partial charge in [-0.25, -0.2) is 59.9 Å². The Bertz CT molecular complexity index is 5290. The molecule has 4 aromatic carbocycles. The number of nitrogens with one attached hydrogen (secondary N) is 6. The highest BCUT2D eigenvalue weighted by Gasteiger charge is 2.34. The minimum atomic E-state index is -1.91. The average molecular weight is 1690 g/mol. The Balaban J connectivity index is 1.15. The highest BCUT2D eigenvalue weighted by Crippen LogP contribution is 2.28. The van der Waals surface area contributed by atoms with Crippen LogP contribution in [0.5, 0.6) is 0 Å². The van der Waals surface area contributed by atoms with Gasteiger partial charge in [0.15, 0.2) is 35.8 Å². The van der Waals surface area contributed by atoms with Crippen molar-refractivity contribution >= 4 is 138 Å². The Morgan fingerprint density at radius 2 is 0.730 bits per heavy atom. The van der Waals surface area contributed by atoms with Gasteiger partial charge in [-0.3, -0.25) is 20.6 Å². The number of hydrogen-bond donors (Lipinski definition) is 26. The van der Waals surface area contributed by atoms with E-state index in [-0.39, 0.29) is 63.8 Å². The number of para-hydroxylation sites is 4. The first-order valence-corrected chi connectivity index (χ1v) is 39.2. The van der Waals surface area contributed by atoms with E-state index in [1.54, 1.807) is 122 Å². The maximum atomic E-state index is 12.3. The van der Waals surface area contributed by atoms with Gasteiger partial charge < -0.3 is 123 Å². The van der Waals surface area contributed by atoms with Gasteiger partial charge in [0.25, 0.3) is 0 Å². The van der Waals surface area contributed by atoms with Gasteiger partial charge in [0.1, 0.15) is 54.9 Å². The number of aliphatic carboxylic acids is 1. The van der Waals surface area contributed by atoms with Crippen LogP contribution in [0.15, 0.2) is 187 Å². The van der Waals surface area contributed by atoms with Crippen LogP contribution < -0.4 is 5.73 Å². The number of aromatic amines is 4. The lowest BCUT2D eigenvalue weighted by Gasteiger charge is -2.20. The summed E-state index contributed by atoms with van der Waals surface area (Å²) >= 11 is 0. The second-order valence-electron chi connectivity index (χ2n) is 28.9. The van der Waals surface area contributed by atoms with E-state index >= 15 is 0 Å². The molecule has 0 amide bonds. The summed E-state index contributed by atoms with van der Waals surface area (Å²) in [4.78, 5) is 79.1. The fourth-order valence-corrected chi connectivity index (χ4v) is 13.2. The lowest BCUT2D eigenvalue weighted by atomic mass is 10.0. The highest BCUT2D eigenvalue weighted by molar-refractivity contribution is 5.98. The summed E-state index contributed by atoms with van der Waals surface area (Å²) < 4.78 is 0. The first kappa shape index (κ1) is 93.9. The number of carboxylic acids is 1. The summed E-state index contributed by atoms with van der Waals surface area (Å²) in [5.41, 5.74) is 10.4. The summed E-state index contributed by atoms with van der Waals surface area (Å²) in [5.74, 6) is -14.6. The van der Waals surface area contributed by atoms with Gasteiger partial charge in [-0.05, 0) is 112 Å². The first-order chi connectivity index (χ1) is 58.2. The van der Waals surface area contributed by atoms with Crippen molar-refractivity contribution < 1.29 is 102 Å². The molecule has 40 nitrogen and oxygen atoms in total. The molecule has 0 aliphatic heterocycles. The molecule has 13 atom stereocenters. The molecule has 0 bridgehead atoms. The minimum absolute atomic E-state index is 0.0599. The molecule has 8 aromatic rings. The largest absolute Gasteiger partial charge is 0.497 e. The van der Waals surface area contributed by atoms with Crippen molar-refractivity contribution in [3.8, 4) is 0 Å². The second-order valence-corrected chi connectivity index (χ2v) is 28.9. The van der Waals surface area contributed by atoms with Gasteiger partial charge in [-0.2, -0.15) is 0 Å². The van der Waals surface area contributed by atoms with E-state index in [0.717, 1.165) is 0 Å². The number of hydrogen-bond acceptors (Lipinski definition) is 20. The van der Waals surface area contributed by atoms with E-state index in [4.69, 9.17) is 16.6 Å². The molecule has 0 aliphatic rings. The smallest absolute Gasteiger partial charge is 0.303 e. The van der Waals surface area contributed by atoms with Crippen LogP contribution in [0.2, 0.25) is 0 Å². The van der Waals surface area contributed by atoms with Crippen LogP contribution in [0, 0.1) is 10.8 Å². The van der Waals surface area contributed by atoms with Crippen molar-refractivity contribution in [2.75, 3.05) is 26.2 Å². The SMILES string of the molecule is CC(O)=NCCCC[C@H](N=C(O)[C@H](CC(=N)O)N=C(O)CN=C(O)[C@H](CCC(=O)O)N=C(O)[C@H](Cc1c[nH]c2ccccc12)N=C(O)[C@@H](N=C(O)[C@H](Cc1c[nH]c2ccccc12)N=C(O)[C@H](CO)N=C(C)O)[C@@H](C)O)C(O)=N[C@@H](Cc1c[nH]c2ccccc12)C(O)=N[C@H](C(O)=N[C@@H](Cc1c[nH]c2ccccc12)C(O)=N[C@@H](CCCCN)C(=N)O)[C@@H](C)O. The molecule has 0 spiro atoms. The summed E-state index contributed by atoms with van der Waals surface area (Å²) in [6.45, 7) is 3.42. The Hall–Kier alpha value is -13.6. The van der Waals surface area contributed by atoms with Crippen molar-refractivity contribution in [1.29, 1.82) is 10.8 Å². The second kappa shape index (κ2) is 45.5. The monoisotopic (exact) mass is 1690 g/mol. The number of aromatic nitrogens is 4. The van der Waals surface area contributed by atoms with E-state index in [1.807, 2.05) is 0 Å². The first-order valence-electron chi connectivity index (χ1n) is 39.2. The van der Waals surface area contributed by atoms with Crippen molar-refractivity contribution in [1.82, 2.24) is 19.9 Å². The molecule has 0 saturated carbocycles. The average Bonchev–Trinajstić information content (AvgIpc) is 1.65. The topological polar surface area (TPSA) is 699 Å². The standard InChI is InChI=1S/C82H106N20O20/c1-42(104)70(81(121)99-61(31-46-36-87-54-21-9-5-17-50(46)54)75(115)94-58(72(85)112)25-13-15-29-83)101-78(118)63(33-48-38-89-56-23-11-7-19-52(48)56)97-74(114)59(26-14-16-30-86-44(3)106)95-77(117)65(35-67(84)108)93-68(109)40-91-73(113)60(27-28-69(110)111)96-76(116)62(32-47-37-88-55-22-10-6-18-51(47)55)100-82(122)71(43(2)105)102-79(119)64(98-80(120)66(41-103)92-45(4)107)34-49-39-90-57-24-12-8-20-53(49)57/h5-12,17-24,36-39,42-43,58-66,70-71,87-90,103-105H,13-16,25-35,40-41,83H2,1-4H3,(H2,84,108)(H2,85,112)(H,86,106)(H,91,113)(H,92,107)(H,93,109)(H,94,115)(H,95,117)(H,96,116)(H,97,114)(H,98,120)(H,99,121)(H,100,122)(H,101,118)(H,102,119)(H,110,111)/t42-,43-,58+,59+,60+,61+,62+,63+,64+,65+,66+,70+,71+/m1/s1. The van der Waals surface area contributed by atoms with E-state index in [1.165, 1.54) is 27.7 Å². The number of fused-ring (bicyclic) bond motifs is 4. The molecule has 0 unspecified atom stereocenters. The molecular weight excluding hydrogens is 1590 g/mol. The zero-order valence-electron chi connectivity index (χ0n) is 67.4. The number of carbonyl (C=O) groups is 1. The zero-order chi connectivity index (χ0) is 88.9. The molecule has 654 valence electrons. The maximum absolute atomic E-state index is 12.3. The number of benzene rings is 4. The molecule has 4 heterocycles. The molecule has 0 saturated heterocycles. The lowest BCUT2D eigenvalue weighted by molar-refractivity contribution is -0.137. The summed E-state index contributed by atoms with van der Waals surface area (Å²) in [6.07, 6.45) is 0.953. The fraction of sp³-hybridized carbons (Fsp3) is 0.415. The molecule has 40 heteroatoms. The molecule has 4 aromatic heterocycles. The fourth-order valence-electron chi connectivity index (χ4n) is 13.2. The van der Waals surface area contributed by atoms with Crippen molar-refractivity contribution in [2.24, 2.45) is 70.6 Å².